The molecule has 1 aromatic rings. The monoisotopic (exact) mass is 347 g/mol. The summed E-state index contributed by atoms with van der Waals surface area (Å²) >= 11 is 0. The second-order valence-electron chi connectivity index (χ2n) is 8.31. The van der Waals surface area contributed by atoms with Gasteiger partial charge >= 0.3 is 0 Å². The van der Waals surface area contributed by atoms with Crippen molar-refractivity contribution >= 4 is 0 Å². The van der Waals surface area contributed by atoms with E-state index in [2.05, 4.69) is 31.6 Å². The van der Waals surface area contributed by atoms with Crippen molar-refractivity contribution in [2.24, 2.45) is 7.05 Å². The van der Waals surface area contributed by atoms with Crippen LogP contribution in [0.3, 0.4) is 0 Å². The normalized spacial score (nSPS) is 28.0. The number of aromatic nitrogens is 3. The van der Waals surface area contributed by atoms with E-state index in [0.29, 0.717) is 5.92 Å². The minimum atomic E-state index is -0.116. The number of likely N-dealkylation sites (tertiary alicyclic amines) is 2. The predicted molar refractivity (Wildman–Crippen MR) is 97.3 cm³/mol. The molecule has 2 aliphatic heterocycles. The first-order valence-corrected chi connectivity index (χ1v) is 10.2. The molecule has 3 aliphatic rings. The molecule has 1 aliphatic carbocycles. The molecule has 0 radical (unpaired) electrons. The van der Waals surface area contributed by atoms with Crippen molar-refractivity contribution in [3.05, 3.63) is 11.6 Å². The lowest BCUT2D eigenvalue weighted by Gasteiger charge is -2.36. The van der Waals surface area contributed by atoms with Crippen molar-refractivity contribution in [3.63, 3.8) is 0 Å². The van der Waals surface area contributed by atoms with Crippen LogP contribution in [0.15, 0.2) is 0 Å². The maximum Gasteiger partial charge on any atom is 0.146 e. The van der Waals surface area contributed by atoms with Crippen molar-refractivity contribution < 1.29 is 5.11 Å². The molecule has 25 heavy (non-hydrogen) atoms. The zero-order valence-electron chi connectivity index (χ0n) is 15.6. The van der Waals surface area contributed by atoms with Gasteiger partial charge in [-0.3, -0.25) is 9.80 Å². The van der Waals surface area contributed by atoms with E-state index in [4.69, 9.17) is 0 Å². The molecule has 0 amide bonds. The topological polar surface area (TPSA) is 57.4 Å². The number of nitrogens with zero attached hydrogens (tertiary/aromatic N) is 5. The standard InChI is InChI=1S/C19H33N5O/c1-22-18(14-23-11-8-17(25)9-12-23)20-21-19(22)15-5-4-10-24(13-15)16-6-2-3-7-16/h15-17,25H,2-14H2,1H3/t15-/m1/s1. The fourth-order valence-corrected chi connectivity index (χ4v) is 4.96. The van der Waals surface area contributed by atoms with Gasteiger partial charge in [-0.2, -0.15) is 0 Å². The van der Waals surface area contributed by atoms with Crippen LogP contribution in [0, 0.1) is 0 Å². The zero-order valence-corrected chi connectivity index (χ0v) is 15.6. The first kappa shape index (κ1) is 17.4. The van der Waals surface area contributed by atoms with E-state index in [1.165, 1.54) is 50.9 Å². The summed E-state index contributed by atoms with van der Waals surface area (Å²) in [6.07, 6.45) is 9.76. The molecule has 3 fully saturated rings. The molecule has 0 spiro atoms. The third-order valence-electron chi connectivity index (χ3n) is 6.58. The predicted octanol–water partition coefficient (Wildman–Crippen LogP) is 1.89. The number of rotatable bonds is 4. The van der Waals surface area contributed by atoms with E-state index in [1.54, 1.807) is 0 Å². The fourth-order valence-electron chi connectivity index (χ4n) is 4.96. The number of hydrogen-bond donors (Lipinski definition) is 1. The molecule has 0 bridgehead atoms. The Morgan fingerprint density at radius 1 is 0.960 bits per heavy atom. The summed E-state index contributed by atoms with van der Waals surface area (Å²) in [6.45, 7) is 5.20. The second-order valence-corrected chi connectivity index (χ2v) is 8.31. The van der Waals surface area contributed by atoms with Crippen LogP contribution in [-0.4, -0.2) is 68.0 Å². The molecule has 6 heteroatoms. The third-order valence-corrected chi connectivity index (χ3v) is 6.58. The van der Waals surface area contributed by atoms with Gasteiger partial charge in [-0.15, -0.1) is 10.2 Å². The Bertz CT molecular complexity index is 560. The van der Waals surface area contributed by atoms with Crippen molar-refractivity contribution in [1.82, 2.24) is 24.6 Å². The molecule has 1 atom stereocenters. The van der Waals surface area contributed by atoms with Gasteiger partial charge in [0.2, 0.25) is 0 Å². The van der Waals surface area contributed by atoms with E-state index >= 15 is 0 Å². The Morgan fingerprint density at radius 2 is 1.72 bits per heavy atom. The second kappa shape index (κ2) is 7.72. The summed E-state index contributed by atoms with van der Waals surface area (Å²) in [5.74, 6) is 2.78. The molecule has 140 valence electrons. The highest BCUT2D eigenvalue weighted by atomic mass is 16.3. The van der Waals surface area contributed by atoms with E-state index < -0.39 is 0 Å². The smallest absolute Gasteiger partial charge is 0.146 e. The molecule has 2 saturated heterocycles. The van der Waals surface area contributed by atoms with Crippen LogP contribution in [-0.2, 0) is 13.6 Å². The van der Waals surface area contributed by atoms with Gasteiger partial charge in [0.15, 0.2) is 0 Å². The van der Waals surface area contributed by atoms with Gasteiger partial charge in [-0.25, -0.2) is 0 Å². The lowest BCUT2D eigenvalue weighted by Crippen LogP contribution is -2.41. The highest BCUT2D eigenvalue weighted by molar-refractivity contribution is 5.05. The summed E-state index contributed by atoms with van der Waals surface area (Å²) in [5.41, 5.74) is 0. The van der Waals surface area contributed by atoms with Crippen LogP contribution in [0.4, 0.5) is 0 Å². The summed E-state index contributed by atoms with van der Waals surface area (Å²) < 4.78 is 2.24. The molecule has 0 aromatic carbocycles. The van der Waals surface area contributed by atoms with Gasteiger partial charge in [0.05, 0.1) is 12.6 Å². The molecular weight excluding hydrogens is 314 g/mol. The van der Waals surface area contributed by atoms with Gasteiger partial charge in [0.1, 0.15) is 11.6 Å². The highest BCUT2D eigenvalue weighted by Gasteiger charge is 2.31. The Labute approximate surface area is 151 Å². The SMILES string of the molecule is Cn1c(CN2CCC(O)CC2)nnc1[C@@H]1CCCN(C2CCCC2)C1. The number of hydrogen-bond acceptors (Lipinski definition) is 5. The van der Waals surface area contributed by atoms with Gasteiger partial charge in [0.25, 0.3) is 0 Å². The quantitative estimate of drug-likeness (QED) is 0.901. The molecule has 3 heterocycles. The molecule has 1 aromatic heterocycles. The van der Waals surface area contributed by atoms with E-state index in [-0.39, 0.29) is 6.10 Å². The summed E-state index contributed by atoms with van der Waals surface area (Å²) in [5, 5.41) is 18.8. The molecule has 4 rings (SSSR count). The first-order valence-electron chi connectivity index (χ1n) is 10.2. The van der Waals surface area contributed by atoms with Gasteiger partial charge in [-0.05, 0) is 45.1 Å². The average Bonchev–Trinajstić information content (AvgIpc) is 3.28. The first-order chi connectivity index (χ1) is 12.2. The molecule has 1 saturated carbocycles. The molecular formula is C19H33N5O. The molecule has 6 nitrogen and oxygen atoms in total. The molecule has 1 N–H and O–H groups in total. The van der Waals surface area contributed by atoms with Crippen LogP contribution in [0.1, 0.15) is 68.9 Å². The van der Waals surface area contributed by atoms with Crippen LogP contribution in [0.25, 0.3) is 0 Å². The van der Waals surface area contributed by atoms with E-state index in [1.807, 2.05) is 0 Å². The van der Waals surface area contributed by atoms with Crippen molar-refractivity contribution in [2.45, 2.75) is 76.0 Å². The van der Waals surface area contributed by atoms with Crippen LogP contribution in [0.2, 0.25) is 0 Å². The minimum absolute atomic E-state index is 0.116. The fraction of sp³-hybridized carbons (Fsp3) is 0.895. The maximum atomic E-state index is 9.67. The van der Waals surface area contributed by atoms with Crippen LogP contribution < -0.4 is 0 Å². The van der Waals surface area contributed by atoms with Crippen molar-refractivity contribution in [3.8, 4) is 0 Å². The van der Waals surface area contributed by atoms with Crippen LogP contribution >= 0.6 is 0 Å². The van der Waals surface area contributed by atoms with E-state index in [9.17, 15) is 5.11 Å². The summed E-state index contributed by atoms with van der Waals surface area (Å²) in [7, 11) is 2.14. The molecule has 0 unspecified atom stereocenters. The van der Waals surface area contributed by atoms with Gasteiger partial charge in [0, 0.05) is 38.6 Å². The Morgan fingerprint density at radius 3 is 2.48 bits per heavy atom. The van der Waals surface area contributed by atoms with Gasteiger partial charge < -0.3 is 9.67 Å². The van der Waals surface area contributed by atoms with Gasteiger partial charge in [-0.1, -0.05) is 12.8 Å². The van der Waals surface area contributed by atoms with Crippen molar-refractivity contribution in [2.75, 3.05) is 26.2 Å². The van der Waals surface area contributed by atoms with Crippen molar-refractivity contribution in [1.29, 1.82) is 0 Å². The summed E-state index contributed by atoms with van der Waals surface area (Å²) in [4.78, 5) is 5.12. The number of piperidine rings is 2. The summed E-state index contributed by atoms with van der Waals surface area (Å²) in [6, 6.07) is 0.815. The average molecular weight is 348 g/mol. The number of aliphatic hydroxyl groups excluding tert-OH is 1. The Hall–Kier alpha value is -0.980. The number of aliphatic hydroxyl groups is 1. The highest BCUT2D eigenvalue weighted by Crippen LogP contribution is 2.31. The Balaban J connectivity index is 1.39. The van der Waals surface area contributed by atoms with E-state index in [0.717, 1.165) is 50.9 Å². The third kappa shape index (κ3) is 3.91. The lowest BCUT2D eigenvalue weighted by molar-refractivity contribution is 0.0775. The minimum Gasteiger partial charge on any atom is -0.393 e. The zero-order chi connectivity index (χ0) is 17.2. The Kier molecular flexibility index (Phi) is 5.39. The maximum absolute atomic E-state index is 9.67. The van der Waals surface area contributed by atoms with Crippen LogP contribution in [0.5, 0.6) is 0 Å². The lowest BCUT2D eigenvalue weighted by atomic mass is 9.95. The largest absolute Gasteiger partial charge is 0.393 e.